The van der Waals surface area contributed by atoms with Crippen LogP contribution in [-0.2, 0) is 21.2 Å². The van der Waals surface area contributed by atoms with Crippen LogP contribution in [0.2, 0.25) is 0 Å². The molecule has 0 aliphatic carbocycles. The molecule has 0 atom stereocenters. The van der Waals surface area contributed by atoms with Crippen LogP contribution in [0.3, 0.4) is 0 Å². The van der Waals surface area contributed by atoms with Crippen LogP contribution in [0, 0.1) is 0 Å². The molecular weight excluding hydrogens is 402 g/mol. The van der Waals surface area contributed by atoms with Gasteiger partial charge in [-0.25, -0.2) is 13.1 Å². The maximum Gasteiger partial charge on any atom is 0.211 e. The van der Waals surface area contributed by atoms with Gasteiger partial charge in [0.05, 0.1) is 5.75 Å². The van der Waals surface area contributed by atoms with Crippen LogP contribution < -0.4 is 4.72 Å². The fourth-order valence-electron chi connectivity index (χ4n) is 3.47. The Hall–Kier alpha value is -1.35. The minimum Gasteiger partial charge on any atom is -0.303 e. The van der Waals surface area contributed by atoms with Crippen LogP contribution >= 0.6 is 0 Å². The van der Waals surface area contributed by atoms with Gasteiger partial charge in [0, 0.05) is 19.4 Å². The van der Waals surface area contributed by atoms with E-state index in [-0.39, 0.29) is 5.75 Å². The summed E-state index contributed by atoms with van der Waals surface area (Å²) < 4.78 is 26.1. The summed E-state index contributed by atoms with van der Waals surface area (Å²) in [6.07, 6.45) is 19.6. The maximum atomic E-state index is 11.8. The van der Waals surface area contributed by atoms with Gasteiger partial charge in [-0.2, -0.15) is 5.21 Å². The molecule has 30 heavy (non-hydrogen) atoms. The molecule has 0 aliphatic heterocycles. The second kappa shape index (κ2) is 18.4. The standard InChI is InChI=1S/C21H41N5O3S/c27-19-15-14-18-22-30(28,29)20-16-12-10-8-6-4-2-1-3-5-7-9-11-13-17-21-23-25-26-24-21/h19,22H,1-18,20H2,(H,23,24,25,26). The Bertz CT molecular complexity index is 608. The zero-order valence-corrected chi connectivity index (χ0v) is 19.3. The van der Waals surface area contributed by atoms with E-state index in [2.05, 4.69) is 25.3 Å². The molecule has 0 spiro atoms. The van der Waals surface area contributed by atoms with Crippen molar-refractivity contribution in [2.75, 3.05) is 12.3 Å². The lowest BCUT2D eigenvalue weighted by molar-refractivity contribution is -0.107. The average Bonchev–Trinajstić information content (AvgIpc) is 3.24. The number of carbonyl (C=O) groups excluding carboxylic acids is 1. The zero-order chi connectivity index (χ0) is 21.8. The number of nitrogens with zero attached hydrogens (tertiary/aromatic N) is 3. The number of rotatable bonds is 22. The molecule has 2 N–H and O–H groups in total. The monoisotopic (exact) mass is 443 g/mol. The van der Waals surface area contributed by atoms with Gasteiger partial charge >= 0.3 is 0 Å². The largest absolute Gasteiger partial charge is 0.303 e. The second-order valence-corrected chi connectivity index (χ2v) is 9.98. The van der Waals surface area contributed by atoms with E-state index in [1.165, 1.54) is 64.2 Å². The van der Waals surface area contributed by atoms with Gasteiger partial charge in [-0.15, -0.1) is 10.2 Å². The van der Waals surface area contributed by atoms with Gasteiger partial charge in [0.15, 0.2) is 5.82 Å². The Morgan fingerprint density at radius 1 is 0.767 bits per heavy atom. The van der Waals surface area contributed by atoms with E-state index in [4.69, 9.17) is 0 Å². The number of aromatic amines is 1. The Morgan fingerprint density at radius 2 is 1.30 bits per heavy atom. The Kier molecular flexibility index (Phi) is 16.4. The molecule has 9 heteroatoms. The lowest BCUT2D eigenvalue weighted by Gasteiger charge is -2.06. The number of aromatic nitrogens is 4. The molecule has 0 saturated carbocycles. The smallest absolute Gasteiger partial charge is 0.211 e. The Balaban J connectivity index is 1.75. The summed E-state index contributed by atoms with van der Waals surface area (Å²) in [4.78, 5) is 10.2. The predicted octanol–water partition coefficient (Wildman–Crippen LogP) is 4.10. The number of H-pyrrole nitrogens is 1. The van der Waals surface area contributed by atoms with Gasteiger partial charge in [-0.05, 0) is 19.3 Å². The number of tetrazole rings is 1. The number of unbranched alkanes of at least 4 members (excludes halogenated alkanes) is 14. The maximum absolute atomic E-state index is 11.8. The predicted molar refractivity (Wildman–Crippen MR) is 120 cm³/mol. The highest BCUT2D eigenvalue weighted by Gasteiger charge is 2.08. The van der Waals surface area contributed by atoms with E-state index in [1.807, 2.05) is 0 Å². The molecule has 8 nitrogen and oxygen atoms in total. The highest BCUT2D eigenvalue weighted by atomic mass is 32.2. The summed E-state index contributed by atoms with van der Waals surface area (Å²) in [7, 11) is -3.17. The van der Waals surface area contributed by atoms with E-state index in [0.29, 0.717) is 19.4 Å². The molecule has 174 valence electrons. The number of hydrogen-bond donors (Lipinski definition) is 2. The number of aryl methyl sites for hydroxylation is 1. The Morgan fingerprint density at radius 3 is 1.80 bits per heavy atom. The van der Waals surface area contributed by atoms with Crippen molar-refractivity contribution in [3.8, 4) is 0 Å². The molecular formula is C21H41N5O3S. The SMILES string of the molecule is O=CCCCNS(=O)(=O)CCCCCCCCCCCCCCCCc1nn[nH]n1. The van der Waals surface area contributed by atoms with Crippen molar-refractivity contribution in [2.24, 2.45) is 0 Å². The molecule has 0 fully saturated rings. The number of hydrogen-bond acceptors (Lipinski definition) is 6. The molecule has 0 aliphatic rings. The first-order chi connectivity index (χ1) is 14.6. The number of aldehydes is 1. The minimum atomic E-state index is -3.17. The summed E-state index contributed by atoms with van der Waals surface area (Å²) in [6.45, 7) is 0.364. The fraction of sp³-hybridized carbons (Fsp3) is 0.905. The van der Waals surface area contributed by atoms with Gasteiger partial charge in [0.2, 0.25) is 10.0 Å². The molecule has 0 saturated heterocycles. The van der Waals surface area contributed by atoms with Crippen molar-refractivity contribution in [3.63, 3.8) is 0 Å². The highest BCUT2D eigenvalue weighted by molar-refractivity contribution is 7.89. The molecule has 0 unspecified atom stereocenters. The van der Waals surface area contributed by atoms with Gasteiger partial charge in [0.1, 0.15) is 6.29 Å². The molecule has 0 aromatic carbocycles. The van der Waals surface area contributed by atoms with Gasteiger partial charge in [0.25, 0.3) is 0 Å². The molecule has 0 radical (unpaired) electrons. The molecule has 1 aromatic heterocycles. The quantitative estimate of drug-likeness (QED) is 0.206. The normalized spacial score (nSPS) is 11.7. The first kappa shape index (κ1) is 26.7. The highest BCUT2D eigenvalue weighted by Crippen LogP contribution is 2.13. The third-order valence-electron chi connectivity index (χ3n) is 5.27. The third-order valence-corrected chi connectivity index (χ3v) is 6.74. The van der Waals surface area contributed by atoms with Gasteiger partial charge in [-0.3, -0.25) is 0 Å². The fourth-order valence-corrected chi connectivity index (χ4v) is 4.65. The van der Waals surface area contributed by atoms with E-state index in [1.54, 1.807) is 0 Å². The topological polar surface area (TPSA) is 118 Å². The van der Waals surface area contributed by atoms with Crippen LogP contribution in [-0.4, -0.2) is 47.6 Å². The van der Waals surface area contributed by atoms with Crippen LogP contribution in [0.4, 0.5) is 0 Å². The number of nitrogens with one attached hydrogen (secondary N) is 2. The van der Waals surface area contributed by atoms with Crippen molar-refractivity contribution in [1.29, 1.82) is 0 Å². The van der Waals surface area contributed by atoms with Gasteiger partial charge in [-0.1, -0.05) is 82.3 Å². The summed E-state index contributed by atoms with van der Waals surface area (Å²) >= 11 is 0. The molecule has 1 rings (SSSR count). The van der Waals surface area contributed by atoms with Crippen molar-refractivity contribution < 1.29 is 13.2 Å². The van der Waals surface area contributed by atoms with Crippen molar-refractivity contribution in [3.05, 3.63) is 5.82 Å². The van der Waals surface area contributed by atoms with Crippen molar-refractivity contribution >= 4 is 16.3 Å². The van der Waals surface area contributed by atoms with Crippen LogP contribution in [0.5, 0.6) is 0 Å². The van der Waals surface area contributed by atoms with E-state index < -0.39 is 10.0 Å². The molecule has 1 heterocycles. The third kappa shape index (κ3) is 16.4. The zero-order valence-electron chi connectivity index (χ0n) is 18.5. The van der Waals surface area contributed by atoms with E-state index in [0.717, 1.165) is 44.2 Å². The van der Waals surface area contributed by atoms with E-state index in [9.17, 15) is 13.2 Å². The number of carbonyl (C=O) groups is 1. The number of sulfonamides is 1. The second-order valence-electron chi connectivity index (χ2n) is 8.05. The molecule has 1 aromatic rings. The summed E-state index contributed by atoms with van der Waals surface area (Å²) in [5.41, 5.74) is 0. The molecule has 0 amide bonds. The van der Waals surface area contributed by atoms with E-state index >= 15 is 0 Å². The van der Waals surface area contributed by atoms with Crippen molar-refractivity contribution in [1.82, 2.24) is 25.3 Å². The van der Waals surface area contributed by atoms with Crippen molar-refractivity contribution in [2.45, 2.75) is 109 Å². The van der Waals surface area contributed by atoms with Crippen LogP contribution in [0.1, 0.15) is 109 Å². The minimum absolute atomic E-state index is 0.200. The van der Waals surface area contributed by atoms with Crippen LogP contribution in [0.15, 0.2) is 0 Å². The lowest BCUT2D eigenvalue weighted by atomic mass is 10.0. The lowest BCUT2D eigenvalue weighted by Crippen LogP contribution is -2.27. The first-order valence-electron chi connectivity index (χ1n) is 11.8. The Labute approximate surface area is 182 Å². The van der Waals surface area contributed by atoms with Crippen LogP contribution in [0.25, 0.3) is 0 Å². The summed E-state index contributed by atoms with van der Waals surface area (Å²) in [5, 5.41) is 14.0. The van der Waals surface area contributed by atoms with Gasteiger partial charge < -0.3 is 4.79 Å². The molecule has 0 bridgehead atoms. The summed E-state index contributed by atoms with van der Waals surface area (Å²) in [6, 6.07) is 0. The first-order valence-corrected chi connectivity index (χ1v) is 13.4. The average molecular weight is 444 g/mol. The summed E-state index contributed by atoms with van der Waals surface area (Å²) in [5.74, 6) is 1.02.